The normalized spacial score (nSPS) is 10.3. The standard InChI is InChI=1S/C9H7N3O2/c10-5-1-2-6-7(3-5)11-4-8(12-6)9(13)14/h1-4H,10H2,(H,13,14). The van der Waals surface area contributed by atoms with Gasteiger partial charge in [-0.15, -0.1) is 0 Å². The summed E-state index contributed by atoms with van der Waals surface area (Å²) in [5.41, 5.74) is 7.17. The Kier molecular flexibility index (Phi) is 1.78. The predicted molar refractivity (Wildman–Crippen MR) is 50.9 cm³/mol. The largest absolute Gasteiger partial charge is 0.476 e. The lowest BCUT2D eigenvalue weighted by Crippen LogP contribution is -2.01. The van der Waals surface area contributed by atoms with Crippen LogP contribution in [-0.4, -0.2) is 21.0 Å². The summed E-state index contributed by atoms with van der Waals surface area (Å²) in [5, 5.41) is 8.67. The molecule has 3 N–H and O–H groups in total. The molecule has 0 amide bonds. The first-order valence-electron chi connectivity index (χ1n) is 3.92. The van der Waals surface area contributed by atoms with Crippen LogP contribution in [0.1, 0.15) is 10.5 Å². The average molecular weight is 189 g/mol. The summed E-state index contributed by atoms with van der Waals surface area (Å²) in [4.78, 5) is 18.4. The van der Waals surface area contributed by atoms with Crippen LogP contribution in [0.3, 0.4) is 0 Å². The van der Waals surface area contributed by atoms with Crippen LogP contribution in [0.4, 0.5) is 5.69 Å². The number of nitrogen functional groups attached to an aromatic ring is 1. The summed E-state index contributed by atoms with van der Waals surface area (Å²) < 4.78 is 0. The summed E-state index contributed by atoms with van der Waals surface area (Å²) in [7, 11) is 0. The van der Waals surface area contributed by atoms with Gasteiger partial charge in [0.1, 0.15) is 0 Å². The van der Waals surface area contributed by atoms with Crippen molar-refractivity contribution in [2.24, 2.45) is 0 Å². The van der Waals surface area contributed by atoms with Crippen LogP contribution in [0, 0.1) is 0 Å². The van der Waals surface area contributed by atoms with Crippen molar-refractivity contribution in [1.29, 1.82) is 0 Å². The Morgan fingerprint density at radius 3 is 2.86 bits per heavy atom. The van der Waals surface area contributed by atoms with E-state index in [0.29, 0.717) is 16.7 Å². The fraction of sp³-hybridized carbons (Fsp3) is 0. The molecule has 0 fully saturated rings. The van der Waals surface area contributed by atoms with Crippen LogP contribution in [0.2, 0.25) is 0 Å². The van der Waals surface area contributed by atoms with Crippen LogP contribution in [-0.2, 0) is 0 Å². The van der Waals surface area contributed by atoms with E-state index in [1.54, 1.807) is 18.2 Å². The zero-order chi connectivity index (χ0) is 10.1. The summed E-state index contributed by atoms with van der Waals surface area (Å²) in [6.07, 6.45) is 1.21. The lowest BCUT2D eigenvalue weighted by Gasteiger charge is -1.98. The number of aromatic nitrogens is 2. The molecule has 0 unspecified atom stereocenters. The summed E-state index contributed by atoms with van der Waals surface area (Å²) in [6.45, 7) is 0. The van der Waals surface area contributed by atoms with Crippen molar-refractivity contribution in [2.45, 2.75) is 0 Å². The Hall–Kier alpha value is -2.17. The van der Waals surface area contributed by atoms with Gasteiger partial charge in [0.05, 0.1) is 17.2 Å². The molecule has 0 saturated heterocycles. The zero-order valence-electron chi connectivity index (χ0n) is 7.14. The quantitative estimate of drug-likeness (QED) is 0.651. The number of fused-ring (bicyclic) bond motifs is 1. The predicted octanol–water partition coefficient (Wildman–Crippen LogP) is 0.910. The Labute approximate surface area is 79.2 Å². The number of anilines is 1. The minimum atomic E-state index is -1.09. The van der Waals surface area contributed by atoms with E-state index in [1.165, 1.54) is 6.20 Å². The first-order chi connectivity index (χ1) is 6.66. The van der Waals surface area contributed by atoms with E-state index < -0.39 is 5.97 Å². The number of nitrogens with zero attached hydrogens (tertiary/aromatic N) is 2. The van der Waals surface area contributed by atoms with Gasteiger partial charge in [-0.05, 0) is 18.2 Å². The Morgan fingerprint density at radius 2 is 2.14 bits per heavy atom. The highest BCUT2D eigenvalue weighted by Crippen LogP contribution is 2.13. The second-order valence-corrected chi connectivity index (χ2v) is 2.81. The molecule has 1 aromatic heterocycles. The highest BCUT2D eigenvalue weighted by molar-refractivity contribution is 5.88. The van der Waals surface area contributed by atoms with Crippen molar-refractivity contribution < 1.29 is 9.90 Å². The molecule has 0 aliphatic heterocycles. The van der Waals surface area contributed by atoms with Crippen LogP contribution in [0.25, 0.3) is 11.0 Å². The second-order valence-electron chi connectivity index (χ2n) is 2.81. The molecule has 14 heavy (non-hydrogen) atoms. The maximum absolute atomic E-state index is 10.6. The van der Waals surface area contributed by atoms with Crippen molar-refractivity contribution in [3.8, 4) is 0 Å². The maximum Gasteiger partial charge on any atom is 0.356 e. The zero-order valence-corrected chi connectivity index (χ0v) is 7.14. The summed E-state index contributed by atoms with van der Waals surface area (Å²) in [6, 6.07) is 4.95. The van der Waals surface area contributed by atoms with Crippen molar-refractivity contribution >= 4 is 22.7 Å². The molecule has 0 spiro atoms. The van der Waals surface area contributed by atoms with E-state index in [9.17, 15) is 4.79 Å². The first kappa shape index (κ1) is 8.43. The number of carboxylic acids is 1. The van der Waals surface area contributed by atoms with E-state index in [0.717, 1.165) is 0 Å². The lowest BCUT2D eigenvalue weighted by molar-refractivity contribution is 0.0690. The van der Waals surface area contributed by atoms with Crippen molar-refractivity contribution in [3.05, 3.63) is 30.1 Å². The molecular weight excluding hydrogens is 182 g/mol. The molecule has 1 heterocycles. The Morgan fingerprint density at radius 1 is 1.36 bits per heavy atom. The van der Waals surface area contributed by atoms with Crippen LogP contribution in [0.15, 0.2) is 24.4 Å². The molecule has 5 nitrogen and oxygen atoms in total. The second kappa shape index (κ2) is 2.95. The Bertz CT molecular complexity index is 510. The molecule has 5 heteroatoms. The van der Waals surface area contributed by atoms with E-state index in [4.69, 9.17) is 10.8 Å². The molecule has 0 aliphatic carbocycles. The number of hydrogen-bond donors (Lipinski definition) is 2. The van der Waals surface area contributed by atoms with Gasteiger partial charge in [-0.1, -0.05) is 0 Å². The minimum Gasteiger partial charge on any atom is -0.476 e. The number of carboxylic acid groups (broad SMARTS) is 1. The monoisotopic (exact) mass is 189 g/mol. The lowest BCUT2D eigenvalue weighted by atomic mass is 10.2. The smallest absolute Gasteiger partial charge is 0.356 e. The third-order valence-corrected chi connectivity index (χ3v) is 1.79. The van der Waals surface area contributed by atoms with E-state index >= 15 is 0 Å². The first-order valence-corrected chi connectivity index (χ1v) is 3.92. The highest BCUT2D eigenvalue weighted by Gasteiger charge is 2.06. The summed E-state index contributed by atoms with van der Waals surface area (Å²) in [5.74, 6) is -1.09. The topological polar surface area (TPSA) is 89.1 Å². The van der Waals surface area contributed by atoms with E-state index in [1.807, 2.05) is 0 Å². The van der Waals surface area contributed by atoms with Crippen LogP contribution in [0.5, 0.6) is 0 Å². The number of hydrogen-bond acceptors (Lipinski definition) is 4. The van der Waals surface area contributed by atoms with Gasteiger partial charge in [0.2, 0.25) is 0 Å². The molecule has 0 bridgehead atoms. The van der Waals surface area contributed by atoms with Gasteiger partial charge in [0.25, 0.3) is 0 Å². The van der Waals surface area contributed by atoms with Gasteiger partial charge in [-0.25, -0.2) is 9.78 Å². The van der Waals surface area contributed by atoms with Gasteiger partial charge >= 0.3 is 5.97 Å². The SMILES string of the molecule is Nc1ccc2nc(C(=O)O)cnc2c1. The molecule has 0 aliphatic rings. The number of aromatic carboxylic acids is 1. The molecule has 0 saturated carbocycles. The minimum absolute atomic E-state index is 0.0673. The van der Waals surface area contributed by atoms with Crippen molar-refractivity contribution in [2.75, 3.05) is 5.73 Å². The third kappa shape index (κ3) is 1.35. The molecule has 0 atom stereocenters. The fourth-order valence-corrected chi connectivity index (χ4v) is 1.13. The molecule has 0 radical (unpaired) electrons. The number of benzene rings is 1. The van der Waals surface area contributed by atoms with Crippen molar-refractivity contribution in [1.82, 2.24) is 9.97 Å². The molecule has 70 valence electrons. The van der Waals surface area contributed by atoms with Gasteiger partial charge < -0.3 is 10.8 Å². The van der Waals surface area contributed by atoms with Gasteiger partial charge in [0.15, 0.2) is 5.69 Å². The van der Waals surface area contributed by atoms with Crippen LogP contribution >= 0.6 is 0 Å². The van der Waals surface area contributed by atoms with E-state index in [-0.39, 0.29) is 5.69 Å². The van der Waals surface area contributed by atoms with Gasteiger partial charge in [0, 0.05) is 5.69 Å². The highest BCUT2D eigenvalue weighted by atomic mass is 16.4. The number of nitrogens with two attached hydrogens (primary N) is 1. The van der Waals surface area contributed by atoms with Crippen LogP contribution < -0.4 is 5.73 Å². The number of rotatable bonds is 1. The number of carbonyl (C=O) groups is 1. The molecule has 2 rings (SSSR count). The fourth-order valence-electron chi connectivity index (χ4n) is 1.13. The summed E-state index contributed by atoms with van der Waals surface area (Å²) >= 11 is 0. The van der Waals surface area contributed by atoms with Crippen molar-refractivity contribution in [3.63, 3.8) is 0 Å². The molecule has 1 aromatic carbocycles. The van der Waals surface area contributed by atoms with E-state index in [2.05, 4.69) is 9.97 Å². The molecular formula is C9H7N3O2. The Balaban J connectivity index is 2.67. The van der Waals surface area contributed by atoms with Gasteiger partial charge in [-0.3, -0.25) is 4.98 Å². The van der Waals surface area contributed by atoms with Gasteiger partial charge in [-0.2, -0.15) is 0 Å². The third-order valence-electron chi connectivity index (χ3n) is 1.79. The average Bonchev–Trinajstić information content (AvgIpc) is 2.16. The molecule has 2 aromatic rings. The maximum atomic E-state index is 10.6.